The summed E-state index contributed by atoms with van der Waals surface area (Å²) in [5.41, 5.74) is 16.8. The molecule has 9 aromatic rings. The molecule has 56 heavy (non-hydrogen) atoms. The van der Waals surface area contributed by atoms with Crippen molar-refractivity contribution < 1.29 is 8.83 Å². The molecule has 0 saturated carbocycles. The van der Waals surface area contributed by atoms with E-state index in [4.69, 9.17) is 8.83 Å². The SMILES string of the molecule is CC(C)(C)c1cc(C(C)(C)C)c2oc3cc(N(c4cccc(-c5cccc6oc7ccccc7c56)c4)c4ccc5c(c4)C(C)(C)c4ccccc4-5)ccc3c2c1. The Bertz CT molecular complexity index is 3030. The molecule has 0 spiro atoms. The number of nitrogens with zero attached hydrogens (tertiary/aromatic N) is 1. The van der Waals surface area contributed by atoms with Crippen molar-refractivity contribution in [2.75, 3.05) is 4.90 Å². The largest absolute Gasteiger partial charge is 0.456 e. The monoisotopic (exact) mass is 729 g/mol. The maximum atomic E-state index is 6.93. The summed E-state index contributed by atoms with van der Waals surface area (Å²) in [6.07, 6.45) is 0. The highest BCUT2D eigenvalue weighted by Crippen LogP contribution is 2.51. The topological polar surface area (TPSA) is 29.5 Å². The average Bonchev–Trinajstić information content (AvgIpc) is 3.81. The van der Waals surface area contributed by atoms with Crippen molar-refractivity contribution in [2.45, 2.75) is 71.6 Å². The van der Waals surface area contributed by atoms with Gasteiger partial charge in [-0.05, 0) is 104 Å². The van der Waals surface area contributed by atoms with Crippen LogP contribution in [0.25, 0.3) is 66.1 Å². The lowest BCUT2D eigenvalue weighted by molar-refractivity contribution is 0.559. The van der Waals surface area contributed by atoms with Gasteiger partial charge in [-0.2, -0.15) is 0 Å². The van der Waals surface area contributed by atoms with Crippen LogP contribution in [0.15, 0.2) is 148 Å². The molecule has 0 aliphatic heterocycles. The molecule has 7 aromatic carbocycles. The minimum Gasteiger partial charge on any atom is -0.456 e. The Morgan fingerprint density at radius 2 is 1.14 bits per heavy atom. The molecule has 0 N–H and O–H groups in total. The third-order valence-electron chi connectivity index (χ3n) is 12.1. The van der Waals surface area contributed by atoms with Gasteiger partial charge in [0.15, 0.2) is 0 Å². The number of benzene rings is 7. The third kappa shape index (κ3) is 5.24. The number of furan rings is 2. The first-order valence-electron chi connectivity index (χ1n) is 19.8. The molecule has 0 atom stereocenters. The molecule has 2 aromatic heterocycles. The molecule has 1 aliphatic rings. The Labute approximate surface area is 329 Å². The van der Waals surface area contributed by atoms with E-state index < -0.39 is 0 Å². The highest BCUT2D eigenvalue weighted by molar-refractivity contribution is 6.13. The normalized spacial score (nSPS) is 13.9. The fourth-order valence-corrected chi connectivity index (χ4v) is 9.10. The number of para-hydroxylation sites is 1. The zero-order chi connectivity index (χ0) is 38.7. The second-order valence-electron chi connectivity index (χ2n) is 18.2. The summed E-state index contributed by atoms with van der Waals surface area (Å²) in [5.74, 6) is 0. The number of hydrogen-bond acceptors (Lipinski definition) is 3. The van der Waals surface area contributed by atoms with Gasteiger partial charge in [-0.25, -0.2) is 0 Å². The van der Waals surface area contributed by atoms with Gasteiger partial charge in [0.25, 0.3) is 0 Å². The van der Waals surface area contributed by atoms with Crippen LogP contribution < -0.4 is 4.90 Å². The maximum Gasteiger partial charge on any atom is 0.139 e. The Morgan fingerprint density at radius 1 is 0.464 bits per heavy atom. The molecule has 3 nitrogen and oxygen atoms in total. The molecule has 0 radical (unpaired) electrons. The Balaban J connectivity index is 1.20. The van der Waals surface area contributed by atoms with Crippen molar-refractivity contribution in [3.05, 3.63) is 162 Å². The van der Waals surface area contributed by atoms with E-state index in [2.05, 4.69) is 188 Å². The molecule has 1 aliphatic carbocycles. The van der Waals surface area contributed by atoms with Gasteiger partial charge in [0.1, 0.15) is 22.3 Å². The van der Waals surface area contributed by atoms with E-state index in [0.717, 1.165) is 66.7 Å². The fourth-order valence-electron chi connectivity index (χ4n) is 9.10. The Hall–Kier alpha value is -6.06. The van der Waals surface area contributed by atoms with Crippen molar-refractivity contribution in [3.63, 3.8) is 0 Å². The van der Waals surface area contributed by atoms with Gasteiger partial charge in [-0.3, -0.25) is 0 Å². The van der Waals surface area contributed by atoms with Crippen molar-refractivity contribution in [1.29, 1.82) is 0 Å². The van der Waals surface area contributed by atoms with Gasteiger partial charge >= 0.3 is 0 Å². The molecule has 0 bridgehead atoms. The summed E-state index contributed by atoms with van der Waals surface area (Å²) >= 11 is 0. The van der Waals surface area contributed by atoms with E-state index in [1.807, 2.05) is 12.1 Å². The standard InChI is InChI=1S/C53H47NO2/c1-51(2,3)33-28-42-40-26-24-36(31-48(40)56-50(42)45(29-33)52(4,5)6)54(35-23-25-39-38-17-9-11-20-43(38)53(7,8)44(39)30-35)34-16-13-15-32(27-34)37-19-14-22-47-49(37)41-18-10-12-21-46(41)55-47/h9-31H,1-8H3. The van der Waals surface area contributed by atoms with E-state index in [1.54, 1.807) is 0 Å². The first kappa shape index (κ1) is 34.4. The highest BCUT2D eigenvalue weighted by atomic mass is 16.3. The van der Waals surface area contributed by atoms with E-state index >= 15 is 0 Å². The van der Waals surface area contributed by atoms with Crippen molar-refractivity contribution >= 4 is 60.9 Å². The summed E-state index contributed by atoms with van der Waals surface area (Å²) in [7, 11) is 0. The van der Waals surface area contributed by atoms with Crippen molar-refractivity contribution in [3.8, 4) is 22.3 Å². The van der Waals surface area contributed by atoms with Crippen LogP contribution in [0.4, 0.5) is 17.1 Å². The molecule has 0 unspecified atom stereocenters. The molecule has 3 heteroatoms. The molecule has 0 amide bonds. The first-order chi connectivity index (χ1) is 26.8. The summed E-state index contributed by atoms with van der Waals surface area (Å²) in [6.45, 7) is 18.4. The van der Waals surface area contributed by atoms with Gasteiger partial charge in [0, 0.05) is 55.7 Å². The second kappa shape index (κ2) is 12.0. The van der Waals surface area contributed by atoms with Crippen molar-refractivity contribution in [1.82, 2.24) is 0 Å². The van der Waals surface area contributed by atoms with Crippen LogP contribution in [0.1, 0.15) is 77.6 Å². The molecular weight excluding hydrogens is 683 g/mol. The predicted molar refractivity (Wildman–Crippen MR) is 236 cm³/mol. The average molecular weight is 730 g/mol. The zero-order valence-corrected chi connectivity index (χ0v) is 33.5. The van der Waals surface area contributed by atoms with Crippen LogP contribution in [0, 0.1) is 0 Å². The third-order valence-corrected chi connectivity index (χ3v) is 12.1. The van der Waals surface area contributed by atoms with Gasteiger partial charge in [-0.15, -0.1) is 0 Å². The lowest BCUT2D eigenvalue weighted by Gasteiger charge is -2.28. The van der Waals surface area contributed by atoms with Gasteiger partial charge in [-0.1, -0.05) is 134 Å². The van der Waals surface area contributed by atoms with Crippen LogP contribution >= 0.6 is 0 Å². The number of rotatable bonds is 4. The molecule has 276 valence electrons. The zero-order valence-electron chi connectivity index (χ0n) is 33.5. The highest BCUT2D eigenvalue weighted by Gasteiger charge is 2.36. The van der Waals surface area contributed by atoms with Crippen LogP contribution in [0.3, 0.4) is 0 Å². The quantitative estimate of drug-likeness (QED) is 0.181. The van der Waals surface area contributed by atoms with Gasteiger partial charge in [0.2, 0.25) is 0 Å². The lowest BCUT2D eigenvalue weighted by Crippen LogP contribution is -2.16. The maximum absolute atomic E-state index is 6.93. The molecule has 0 fully saturated rings. The summed E-state index contributed by atoms with van der Waals surface area (Å²) < 4.78 is 13.2. The smallest absolute Gasteiger partial charge is 0.139 e. The second-order valence-corrected chi connectivity index (χ2v) is 18.2. The summed E-state index contributed by atoms with van der Waals surface area (Å²) in [6, 6.07) is 50.9. The van der Waals surface area contributed by atoms with Crippen molar-refractivity contribution in [2.24, 2.45) is 0 Å². The number of fused-ring (bicyclic) bond motifs is 9. The molecule has 10 rings (SSSR count). The minimum atomic E-state index is -0.135. The Kier molecular flexibility index (Phi) is 7.36. The van der Waals surface area contributed by atoms with E-state index in [-0.39, 0.29) is 16.2 Å². The van der Waals surface area contributed by atoms with E-state index in [0.29, 0.717) is 0 Å². The van der Waals surface area contributed by atoms with E-state index in [1.165, 1.54) is 38.8 Å². The summed E-state index contributed by atoms with van der Waals surface area (Å²) in [5, 5.41) is 4.57. The minimum absolute atomic E-state index is 0.00756. The molecule has 0 saturated heterocycles. The van der Waals surface area contributed by atoms with Crippen LogP contribution in [0.5, 0.6) is 0 Å². The van der Waals surface area contributed by atoms with Crippen LogP contribution in [0.2, 0.25) is 0 Å². The number of anilines is 3. The first-order valence-corrected chi connectivity index (χ1v) is 19.8. The molecular formula is C53H47NO2. The number of hydrogen-bond donors (Lipinski definition) is 0. The predicted octanol–water partition coefficient (Wildman–Crippen LogP) is 15.5. The van der Waals surface area contributed by atoms with Gasteiger partial charge in [0.05, 0.1) is 0 Å². The lowest BCUT2D eigenvalue weighted by atomic mass is 9.79. The van der Waals surface area contributed by atoms with E-state index in [9.17, 15) is 0 Å². The molecule has 2 heterocycles. The van der Waals surface area contributed by atoms with Crippen LogP contribution in [-0.4, -0.2) is 0 Å². The summed E-state index contributed by atoms with van der Waals surface area (Å²) in [4.78, 5) is 2.40. The fraction of sp³-hybridized carbons (Fsp3) is 0.208. The van der Waals surface area contributed by atoms with Crippen LogP contribution in [-0.2, 0) is 16.2 Å². The van der Waals surface area contributed by atoms with Gasteiger partial charge < -0.3 is 13.7 Å². The Morgan fingerprint density at radius 3 is 1.96 bits per heavy atom.